The van der Waals surface area contributed by atoms with Crippen molar-refractivity contribution in [3.8, 4) is 0 Å². The van der Waals surface area contributed by atoms with Gasteiger partial charge in [0, 0.05) is 19.2 Å². The molecule has 0 aromatic heterocycles. The number of nitrogens with two attached hydrogens (primary N) is 1. The van der Waals surface area contributed by atoms with Gasteiger partial charge in [0.05, 0.1) is 5.71 Å². The summed E-state index contributed by atoms with van der Waals surface area (Å²) in [6.45, 7) is 7.60. The van der Waals surface area contributed by atoms with E-state index in [1.165, 1.54) is 0 Å². The quantitative estimate of drug-likeness (QED) is 0.598. The van der Waals surface area contributed by atoms with Crippen LogP contribution in [0, 0.1) is 0 Å². The van der Waals surface area contributed by atoms with Gasteiger partial charge in [0.1, 0.15) is 0 Å². The Labute approximate surface area is 129 Å². The smallest absolute Gasteiger partial charge is 0.0660 e. The largest absolute Gasteiger partial charge is 0.402 e. The summed E-state index contributed by atoms with van der Waals surface area (Å²) in [6, 6.07) is 10.0. The number of hydrogen-bond acceptors (Lipinski definition) is 2. The molecule has 0 saturated heterocycles. The Balaban J connectivity index is 0.00000191. The molecule has 112 valence electrons. The Kier molecular flexibility index (Phi) is 11.3. The molecule has 21 heavy (non-hydrogen) atoms. The van der Waals surface area contributed by atoms with Gasteiger partial charge in [-0.2, -0.15) is 0 Å². The van der Waals surface area contributed by atoms with Crippen LogP contribution >= 0.6 is 0 Å². The van der Waals surface area contributed by atoms with Gasteiger partial charge in [0.15, 0.2) is 0 Å². The number of hydrogen-bond donors (Lipinski definition) is 1. The lowest BCUT2D eigenvalue weighted by atomic mass is 10.1. The van der Waals surface area contributed by atoms with E-state index in [9.17, 15) is 0 Å². The van der Waals surface area contributed by atoms with Crippen molar-refractivity contribution >= 4 is 5.71 Å². The lowest BCUT2D eigenvalue weighted by Crippen LogP contribution is -2.03. The fraction of sp³-hybridized carbons (Fsp3) is 0.211. The third-order valence-electron chi connectivity index (χ3n) is 2.48. The molecule has 2 heteroatoms. The Bertz CT molecular complexity index is 506. The van der Waals surface area contributed by atoms with Crippen LogP contribution in [0.5, 0.6) is 0 Å². The summed E-state index contributed by atoms with van der Waals surface area (Å²) in [7, 11) is 1.77. The number of benzene rings is 1. The van der Waals surface area contributed by atoms with Gasteiger partial charge in [0.2, 0.25) is 0 Å². The van der Waals surface area contributed by atoms with E-state index < -0.39 is 0 Å². The van der Waals surface area contributed by atoms with Gasteiger partial charge in [-0.3, -0.25) is 4.99 Å². The van der Waals surface area contributed by atoms with Crippen LogP contribution < -0.4 is 5.73 Å². The highest BCUT2D eigenvalue weighted by molar-refractivity contribution is 6.08. The summed E-state index contributed by atoms with van der Waals surface area (Å²) in [5.74, 6) is 0. The minimum Gasteiger partial charge on any atom is -0.402 e. The van der Waals surface area contributed by atoms with E-state index >= 15 is 0 Å². The number of aliphatic imine (C=N–C) groups is 1. The van der Waals surface area contributed by atoms with Crippen molar-refractivity contribution in [2.75, 3.05) is 7.05 Å². The standard InChI is InChI=1S/C17H20N2.C2H6/c1-3-4-5-6-10-13-16(18)14-17(19-2)15-11-8-7-9-12-15;1-2/h3-12,14H,1,13,18H2,2H3;1-2H3/b5-4-,10-6-,16-14-,19-17?;. The van der Waals surface area contributed by atoms with E-state index in [1.807, 2.05) is 74.6 Å². The van der Waals surface area contributed by atoms with Crippen LogP contribution in [-0.2, 0) is 0 Å². The van der Waals surface area contributed by atoms with E-state index in [-0.39, 0.29) is 0 Å². The molecule has 0 saturated carbocycles. The first-order valence-electron chi connectivity index (χ1n) is 7.20. The van der Waals surface area contributed by atoms with Crippen LogP contribution in [0.25, 0.3) is 0 Å². The molecule has 1 rings (SSSR count). The molecule has 0 aliphatic heterocycles. The van der Waals surface area contributed by atoms with Gasteiger partial charge >= 0.3 is 0 Å². The first-order valence-corrected chi connectivity index (χ1v) is 7.20. The second kappa shape index (κ2) is 12.7. The van der Waals surface area contributed by atoms with Crippen LogP contribution in [0.1, 0.15) is 25.8 Å². The Morgan fingerprint density at radius 3 is 2.38 bits per heavy atom. The average molecular weight is 282 g/mol. The molecular weight excluding hydrogens is 256 g/mol. The highest BCUT2D eigenvalue weighted by Crippen LogP contribution is 2.05. The van der Waals surface area contributed by atoms with Crippen molar-refractivity contribution in [3.05, 3.63) is 84.6 Å². The van der Waals surface area contributed by atoms with E-state index in [0.29, 0.717) is 6.42 Å². The maximum atomic E-state index is 5.99. The normalized spacial score (nSPS) is 12.3. The summed E-state index contributed by atoms with van der Waals surface area (Å²) >= 11 is 0. The zero-order valence-corrected chi connectivity index (χ0v) is 13.3. The summed E-state index contributed by atoms with van der Waals surface area (Å²) in [4.78, 5) is 4.26. The second-order valence-corrected chi connectivity index (χ2v) is 3.95. The van der Waals surface area contributed by atoms with Crippen molar-refractivity contribution in [2.24, 2.45) is 10.7 Å². The monoisotopic (exact) mass is 282 g/mol. The molecular formula is C19H26N2. The van der Waals surface area contributed by atoms with E-state index in [0.717, 1.165) is 17.0 Å². The van der Waals surface area contributed by atoms with Gasteiger partial charge in [-0.05, 0) is 11.6 Å². The molecule has 2 nitrogen and oxygen atoms in total. The molecule has 0 heterocycles. The van der Waals surface area contributed by atoms with E-state index in [2.05, 4.69) is 11.6 Å². The topological polar surface area (TPSA) is 38.4 Å². The first kappa shape index (κ1) is 18.7. The number of nitrogens with zero attached hydrogens (tertiary/aromatic N) is 1. The third-order valence-corrected chi connectivity index (χ3v) is 2.48. The third kappa shape index (κ3) is 8.43. The predicted molar refractivity (Wildman–Crippen MR) is 95.6 cm³/mol. The maximum Gasteiger partial charge on any atom is 0.0660 e. The van der Waals surface area contributed by atoms with Gasteiger partial charge < -0.3 is 5.73 Å². The molecule has 2 N–H and O–H groups in total. The zero-order valence-electron chi connectivity index (χ0n) is 13.3. The Hall–Kier alpha value is -2.35. The first-order chi connectivity index (χ1) is 10.3. The van der Waals surface area contributed by atoms with E-state index in [1.54, 1.807) is 13.1 Å². The van der Waals surface area contributed by atoms with Crippen molar-refractivity contribution in [1.29, 1.82) is 0 Å². The summed E-state index contributed by atoms with van der Waals surface area (Å²) in [5.41, 5.74) is 8.74. The Morgan fingerprint density at radius 2 is 1.81 bits per heavy atom. The van der Waals surface area contributed by atoms with Crippen molar-refractivity contribution in [3.63, 3.8) is 0 Å². The molecule has 0 aliphatic rings. The molecule has 0 aliphatic carbocycles. The van der Waals surface area contributed by atoms with Gasteiger partial charge in [-0.25, -0.2) is 0 Å². The minimum atomic E-state index is 0.702. The fourth-order valence-electron chi connectivity index (χ4n) is 1.55. The molecule has 0 bridgehead atoms. The van der Waals surface area contributed by atoms with E-state index in [4.69, 9.17) is 5.73 Å². The molecule has 0 fully saturated rings. The van der Waals surface area contributed by atoms with Crippen LogP contribution in [-0.4, -0.2) is 12.8 Å². The van der Waals surface area contributed by atoms with Crippen molar-refractivity contribution in [2.45, 2.75) is 20.3 Å². The molecule has 0 atom stereocenters. The van der Waals surface area contributed by atoms with Crippen LogP contribution in [0.4, 0.5) is 0 Å². The van der Waals surface area contributed by atoms with Crippen LogP contribution in [0.15, 0.2) is 84.1 Å². The average Bonchev–Trinajstić information content (AvgIpc) is 2.55. The molecule has 1 aromatic carbocycles. The lowest BCUT2D eigenvalue weighted by Gasteiger charge is -2.02. The van der Waals surface area contributed by atoms with Crippen LogP contribution in [0.2, 0.25) is 0 Å². The molecule has 0 unspecified atom stereocenters. The number of rotatable bonds is 6. The predicted octanol–water partition coefficient (Wildman–Crippen LogP) is 4.66. The highest BCUT2D eigenvalue weighted by Gasteiger charge is 1.98. The molecule has 0 spiro atoms. The molecule has 0 radical (unpaired) electrons. The van der Waals surface area contributed by atoms with Crippen LogP contribution in [0.3, 0.4) is 0 Å². The molecule has 0 amide bonds. The van der Waals surface area contributed by atoms with Gasteiger partial charge in [0.25, 0.3) is 0 Å². The summed E-state index contributed by atoms with van der Waals surface area (Å²) in [5, 5.41) is 0. The Morgan fingerprint density at radius 1 is 1.14 bits per heavy atom. The highest BCUT2D eigenvalue weighted by atomic mass is 14.7. The number of allylic oxidation sites excluding steroid dienone is 6. The minimum absolute atomic E-state index is 0.702. The summed E-state index contributed by atoms with van der Waals surface area (Å²) < 4.78 is 0. The van der Waals surface area contributed by atoms with Gasteiger partial charge in [-0.1, -0.05) is 81.1 Å². The SMILES string of the molecule is C=C/C=C\C=C/C/C(N)=C/C(=NC)c1ccccc1.CC. The van der Waals surface area contributed by atoms with Gasteiger partial charge in [-0.15, -0.1) is 0 Å². The maximum absolute atomic E-state index is 5.99. The fourth-order valence-corrected chi connectivity index (χ4v) is 1.55. The second-order valence-electron chi connectivity index (χ2n) is 3.95. The molecule has 1 aromatic rings. The zero-order chi connectivity index (χ0) is 15.9. The lowest BCUT2D eigenvalue weighted by molar-refractivity contribution is 1.17. The summed E-state index contributed by atoms with van der Waals surface area (Å²) in [6.07, 6.45) is 12.1. The van der Waals surface area contributed by atoms with Crippen molar-refractivity contribution in [1.82, 2.24) is 0 Å². The van der Waals surface area contributed by atoms with Crippen molar-refractivity contribution < 1.29 is 0 Å².